The maximum Gasteiger partial charge on any atom is 0.338 e. The third-order valence-electron chi connectivity index (χ3n) is 3.81. The SMILES string of the molecule is C=Cc1ccc(C(CC)O[Si](CC)(CCC)OC)cc1. The summed E-state index contributed by atoms with van der Waals surface area (Å²) in [6, 6.07) is 10.5. The summed E-state index contributed by atoms with van der Waals surface area (Å²) in [5.74, 6) is 0. The van der Waals surface area contributed by atoms with Crippen LogP contribution in [-0.2, 0) is 8.85 Å². The molecule has 20 heavy (non-hydrogen) atoms. The van der Waals surface area contributed by atoms with Crippen molar-refractivity contribution in [3.63, 3.8) is 0 Å². The molecule has 0 fully saturated rings. The monoisotopic (exact) mass is 292 g/mol. The Hall–Kier alpha value is -0.903. The summed E-state index contributed by atoms with van der Waals surface area (Å²) in [5.41, 5.74) is 2.37. The van der Waals surface area contributed by atoms with Gasteiger partial charge in [0, 0.05) is 7.11 Å². The summed E-state index contributed by atoms with van der Waals surface area (Å²) in [5, 5.41) is 0. The van der Waals surface area contributed by atoms with Gasteiger partial charge in [0.15, 0.2) is 0 Å². The molecule has 0 N–H and O–H groups in total. The van der Waals surface area contributed by atoms with Crippen LogP contribution >= 0.6 is 0 Å². The molecule has 112 valence electrons. The first-order chi connectivity index (χ1) is 9.64. The summed E-state index contributed by atoms with van der Waals surface area (Å²) < 4.78 is 12.3. The van der Waals surface area contributed by atoms with Crippen molar-refractivity contribution >= 4 is 14.6 Å². The lowest BCUT2D eigenvalue weighted by molar-refractivity contribution is 0.125. The van der Waals surface area contributed by atoms with E-state index in [1.165, 1.54) is 5.56 Å². The first-order valence-corrected chi connectivity index (χ1v) is 9.83. The van der Waals surface area contributed by atoms with Gasteiger partial charge in [-0.15, -0.1) is 0 Å². The second-order valence-corrected chi connectivity index (χ2v) is 8.78. The Labute approximate surface area is 125 Å². The average Bonchev–Trinajstić information content (AvgIpc) is 2.52. The lowest BCUT2D eigenvalue weighted by atomic mass is 10.1. The molecule has 1 aromatic rings. The standard InChI is InChI=1S/C17H28O2Si/c1-6-14-20(9-4,18-5)19-17(8-3)16-12-10-15(7-2)11-13-16/h7,10-13,17H,2,6,8-9,14H2,1,3-5H3. The van der Waals surface area contributed by atoms with Crippen molar-refractivity contribution < 1.29 is 8.85 Å². The number of benzene rings is 1. The summed E-state index contributed by atoms with van der Waals surface area (Å²) in [6.45, 7) is 10.3. The Morgan fingerprint density at radius 3 is 2.25 bits per heavy atom. The minimum absolute atomic E-state index is 0.131. The minimum Gasteiger partial charge on any atom is -0.398 e. The van der Waals surface area contributed by atoms with Gasteiger partial charge in [0.25, 0.3) is 0 Å². The van der Waals surface area contributed by atoms with Crippen molar-refractivity contribution in [3.8, 4) is 0 Å². The molecule has 2 unspecified atom stereocenters. The first-order valence-electron chi connectivity index (χ1n) is 7.60. The van der Waals surface area contributed by atoms with Gasteiger partial charge in [-0.2, -0.15) is 0 Å². The zero-order chi connectivity index (χ0) is 15.0. The van der Waals surface area contributed by atoms with E-state index < -0.39 is 8.56 Å². The van der Waals surface area contributed by atoms with Crippen LogP contribution in [-0.4, -0.2) is 15.7 Å². The maximum atomic E-state index is 6.48. The van der Waals surface area contributed by atoms with Crippen molar-refractivity contribution in [1.82, 2.24) is 0 Å². The summed E-state index contributed by atoms with van der Waals surface area (Å²) in [6.07, 6.45) is 4.07. The van der Waals surface area contributed by atoms with Crippen LogP contribution in [0.25, 0.3) is 6.08 Å². The predicted molar refractivity (Wildman–Crippen MR) is 89.0 cm³/mol. The third-order valence-corrected chi connectivity index (χ3v) is 7.61. The molecule has 0 aliphatic carbocycles. The fourth-order valence-corrected chi connectivity index (χ4v) is 5.30. The molecular weight excluding hydrogens is 264 g/mol. The molecule has 0 aliphatic heterocycles. The van der Waals surface area contributed by atoms with E-state index in [1.54, 1.807) is 7.11 Å². The second kappa shape index (κ2) is 8.40. The topological polar surface area (TPSA) is 18.5 Å². The van der Waals surface area contributed by atoms with Crippen LogP contribution in [0.15, 0.2) is 30.8 Å². The van der Waals surface area contributed by atoms with E-state index in [2.05, 4.69) is 51.6 Å². The van der Waals surface area contributed by atoms with Crippen molar-refractivity contribution in [3.05, 3.63) is 42.0 Å². The molecule has 3 heteroatoms. The zero-order valence-electron chi connectivity index (χ0n) is 13.3. The molecule has 1 aromatic carbocycles. The van der Waals surface area contributed by atoms with Crippen LogP contribution in [0.1, 0.15) is 50.8 Å². The maximum absolute atomic E-state index is 6.48. The van der Waals surface area contributed by atoms with Crippen LogP contribution in [0, 0.1) is 0 Å². The molecule has 0 spiro atoms. The molecule has 0 bridgehead atoms. The molecule has 0 aromatic heterocycles. The fraction of sp³-hybridized carbons (Fsp3) is 0.529. The van der Waals surface area contributed by atoms with E-state index in [0.29, 0.717) is 0 Å². The quantitative estimate of drug-likeness (QED) is 0.574. The molecule has 2 nitrogen and oxygen atoms in total. The van der Waals surface area contributed by atoms with Crippen LogP contribution < -0.4 is 0 Å². The predicted octanol–water partition coefficient (Wildman–Crippen LogP) is 5.32. The minimum atomic E-state index is -2.05. The smallest absolute Gasteiger partial charge is 0.338 e. The summed E-state index contributed by atoms with van der Waals surface area (Å²) >= 11 is 0. The highest BCUT2D eigenvalue weighted by Gasteiger charge is 2.36. The number of rotatable bonds is 9. The lowest BCUT2D eigenvalue weighted by Gasteiger charge is -2.32. The van der Waals surface area contributed by atoms with Crippen molar-refractivity contribution in [2.75, 3.05) is 7.11 Å². The van der Waals surface area contributed by atoms with Gasteiger partial charge in [0.05, 0.1) is 6.10 Å². The molecule has 1 rings (SSSR count). The zero-order valence-corrected chi connectivity index (χ0v) is 14.3. The highest BCUT2D eigenvalue weighted by atomic mass is 28.4. The Morgan fingerprint density at radius 2 is 1.85 bits per heavy atom. The normalized spacial score (nSPS) is 15.6. The summed E-state index contributed by atoms with van der Waals surface area (Å²) in [4.78, 5) is 0. The Morgan fingerprint density at radius 1 is 1.20 bits per heavy atom. The molecule has 0 amide bonds. The van der Waals surface area contributed by atoms with E-state index in [9.17, 15) is 0 Å². The van der Waals surface area contributed by atoms with E-state index in [-0.39, 0.29) is 6.10 Å². The number of hydrogen-bond acceptors (Lipinski definition) is 2. The van der Waals surface area contributed by atoms with Gasteiger partial charge in [-0.3, -0.25) is 0 Å². The van der Waals surface area contributed by atoms with Gasteiger partial charge >= 0.3 is 8.56 Å². The van der Waals surface area contributed by atoms with Crippen molar-refractivity contribution in [2.24, 2.45) is 0 Å². The molecule has 2 atom stereocenters. The van der Waals surface area contributed by atoms with E-state index in [4.69, 9.17) is 8.85 Å². The summed E-state index contributed by atoms with van der Waals surface area (Å²) in [7, 11) is -0.248. The Kier molecular flexibility index (Phi) is 7.20. The Bertz CT molecular complexity index is 396. The Balaban J connectivity index is 2.90. The van der Waals surface area contributed by atoms with Crippen molar-refractivity contribution in [2.45, 2.75) is 51.8 Å². The highest BCUT2D eigenvalue weighted by Crippen LogP contribution is 2.30. The van der Waals surface area contributed by atoms with E-state index >= 15 is 0 Å². The van der Waals surface area contributed by atoms with E-state index in [0.717, 1.165) is 30.5 Å². The van der Waals surface area contributed by atoms with Crippen LogP contribution in [0.4, 0.5) is 0 Å². The van der Waals surface area contributed by atoms with Crippen LogP contribution in [0.3, 0.4) is 0 Å². The van der Waals surface area contributed by atoms with Gasteiger partial charge in [-0.05, 0) is 29.6 Å². The van der Waals surface area contributed by atoms with Gasteiger partial charge in [0.2, 0.25) is 0 Å². The van der Waals surface area contributed by atoms with Crippen LogP contribution in [0.2, 0.25) is 12.1 Å². The first kappa shape index (κ1) is 17.1. The fourth-order valence-electron chi connectivity index (χ4n) is 2.49. The molecule has 0 saturated heterocycles. The molecule has 0 heterocycles. The lowest BCUT2D eigenvalue weighted by Crippen LogP contribution is -2.41. The molecule has 0 radical (unpaired) electrons. The van der Waals surface area contributed by atoms with Gasteiger partial charge in [-0.25, -0.2) is 0 Å². The molecular formula is C17H28O2Si. The largest absolute Gasteiger partial charge is 0.398 e. The van der Waals surface area contributed by atoms with Crippen LogP contribution in [0.5, 0.6) is 0 Å². The molecule has 0 aliphatic rings. The second-order valence-electron chi connectivity index (χ2n) is 5.10. The number of hydrogen-bond donors (Lipinski definition) is 0. The van der Waals surface area contributed by atoms with Gasteiger partial charge in [-0.1, -0.05) is 64.1 Å². The van der Waals surface area contributed by atoms with E-state index in [1.807, 2.05) is 6.08 Å². The molecule has 0 saturated carbocycles. The van der Waals surface area contributed by atoms with Gasteiger partial charge < -0.3 is 8.85 Å². The third kappa shape index (κ3) is 4.30. The average molecular weight is 292 g/mol. The van der Waals surface area contributed by atoms with Crippen molar-refractivity contribution in [1.29, 1.82) is 0 Å². The van der Waals surface area contributed by atoms with Gasteiger partial charge in [0.1, 0.15) is 0 Å². The highest BCUT2D eigenvalue weighted by molar-refractivity contribution is 6.67.